The Morgan fingerprint density at radius 1 is 0.885 bits per heavy atom. The first-order valence-electron chi connectivity index (χ1n) is 8.54. The number of aromatic hydroxyl groups is 1. The number of benzene rings is 3. The molecule has 0 atom stereocenters. The maximum Gasteiger partial charge on any atom is 0.259 e. The van der Waals surface area contributed by atoms with Crippen LogP contribution in [0.4, 0.5) is 5.69 Å². The molecule has 2 amide bonds. The van der Waals surface area contributed by atoms with Gasteiger partial charge < -0.3 is 15.7 Å². The Labute approximate surface area is 150 Å². The number of nitrogens with one attached hydrogen (secondary N) is 2. The molecular formula is C21H18N2O3. The topological polar surface area (TPSA) is 78.4 Å². The van der Waals surface area contributed by atoms with Crippen LogP contribution in [0.25, 0.3) is 10.8 Å². The molecule has 1 aliphatic carbocycles. The second-order valence-corrected chi connectivity index (χ2v) is 6.50. The number of fused-ring (bicyclic) bond motifs is 1. The van der Waals surface area contributed by atoms with Gasteiger partial charge in [0.1, 0.15) is 5.75 Å². The fourth-order valence-electron chi connectivity index (χ4n) is 2.81. The molecule has 0 spiro atoms. The first-order chi connectivity index (χ1) is 12.6. The molecule has 3 aromatic carbocycles. The van der Waals surface area contributed by atoms with Gasteiger partial charge in [0, 0.05) is 17.3 Å². The predicted molar refractivity (Wildman–Crippen MR) is 100 cm³/mol. The van der Waals surface area contributed by atoms with Gasteiger partial charge in [-0.25, -0.2) is 0 Å². The van der Waals surface area contributed by atoms with Crippen molar-refractivity contribution in [2.24, 2.45) is 0 Å². The highest BCUT2D eigenvalue weighted by Crippen LogP contribution is 2.26. The molecule has 3 aromatic rings. The maximum atomic E-state index is 12.5. The van der Waals surface area contributed by atoms with Crippen molar-refractivity contribution in [3.8, 4) is 5.75 Å². The highest BCUT2D eigenvalue weighted by Gasteiger charge is 2.23. The van der Waals surface area contributed by atoms with Crippen molar-refractivity contribution in [2.75, 3.05) is 5.32 Å². The molecule has 1 saturated carbocycles. The molecule has 0 heterocycles. The molecule has 130 valence electrons. The van der Waals surface area contributed by atoms with Gasteiger partial charge in [-0.15, -0.1) is 0 Å². The number of amides is 2. The zero-order valence-electron chi connectivity index (χ0n) is 14.0. The SMILES string of the molecule is O=C(NC1CC1)c1ccc(NC(=O)c2cc3ccccc3cc2O)cc1. The second kappa shape index (κ2) is 6.52. The van der Waals surface area contributed by atoms with Gasteiger partial charge in [0.25, 0.3) is 11.8 Å². The summed E-state index contributed by atoms with van der Waals surface area (Å²) in [7, 11) is 0. The summed E-state index contributed by atoms with van der Waals surface area (Å²) < 4.78 is 0. The number of phenolic OH excluding ortho intramolecular Hbond substituents is 1. The van der Waals surface area contributed by atoms with E-state index in [0.29, 0.717) is 17.3 Å². The van der Waals surface area contributed by atoms with E-state index in [1.165, 1.54) is 0 Å². The highest BCUT2D eigenvalue weighted by atomic mass is 16.3. The average Bonchev–Trinajstić information content (AvgIpc) is 3.45. The van der Waals surface area contributed by atoms with Gasteiger partial charge in [0.15, 0.2) is 0 Å². The first-order valence-corrected chi connectivity index (χ1v) is 8.54. The predicted octanol–water partition coefficient (Wildman–Crippen LogP) is 3.69. The number of hydrogen-bond donors (Lipinski definition) is 3. The molecule has 0 aliphatic heterocycles. The van der Waals surface area contributed by atoms with Crippen LogP contribution in [0.1, 0.15) is 33.6 Å². The van der Waals surface area contributed by atoms with Gasteiger partial charge in [0.2, 0.25) is 0 Å². The Kier molecular flexibility index (Phi) is 4.05. The van der Waals surface area contributed by atoms with Crippen LogP contribution in [0.15, 0.2) is 60.7 Å². The summed E-state index contributed by atoms with van der Waals surface area (Å²) in [4.78, 5) is 24.5. The molecule has 3 N–H and O–H groups in total. The van der Waals surface area contributed by atoms with Crippen molar-refractivity contribution in [2.45, 2.75) is 18.9 Å². The van der Waals surface area contributed by atoms with E-state index in [1.54, 1.807) is 36.4 Å². The number of carbonyl (C=O) groups is 2. The van der Waals surface area contributed by atoms with Crippen molar-refractivity contribution in [3.05, 3.63) is 71.8 Å². The van der Waals surface area contributed by atoms with Crippen LogP contribution in [0.2, 0.25) is 0 Å². The van der Waals surface area contributed by atoms with Crippen LogP contribution in [0.3, 0.4) is 0 Å². The summed E-state index contributed by atoms with van der Waals surface area (Å²) >= 11 is 0. The van der Waals surface area contributed by atoms with Gasteiger partial charge in [-0.05, 0) is 60.0 Å². The Morgan fingerprint density at radius 2 is 1.54 bits per heavy atom. The molecule has 0 aromatic heterocycles. The normalized spacial score (nSPS) is 13.4. The van der Waals surface area contributed by atoms with E-state index in [1.807, 2.05) is 24.3 Å². The summed E-state index contributed by atoms with van der Waals surface area (Å²) in [6, 6.07) is 17.8. The van der Waals surface area contributed by atoms with Gasteiger partial charge in [-0.3, -0.25) is 9.59 Å². The van der Waals surface area contributed by atoms with Crippen LogP contribution < -0.4 is 10.6 Å². The molecule has 5 nitrogen and oxygen atoms in total. The third-order valence-corrected chi connectivity index (χ3v) is 4.43. The fraction of sp³-hybridized carbons (Fsp3) is 0.143. The number of rotatable bonds is 4. The van der Waals surface area contributed by atoms with Crippen LogP contribution in [-0.4, -0.2) is 23.0 Å². The third-order valence-electron chi connectivity index (χ3n) is 4.43. The van der Waals surface area contributed by atoms with Crippen LogP contribution >= 0.6 is 0 Å². The molecule has 26 heavy (non-hydrogen) atoms. The zero-order chi connectivity index (χ0) is 18.1. The lowest BCUT2D eigenvalue weighted by molar-refractivity contribution is 0.0950. The van der Waals surface area contributed by atoms with Crippen LogP contribution in [0.5, 0.6) is 5.75 Å². The Hall–Kier alpha value is -3.34. The quantitative estimate of drug-likeness (QED) is 0.674. The van der Waals surface area contributed by atoms with E-state index < -0.39 is 5.91 Å². The lowest BCUT2D eigenvalue weighted by Gasteiger charge is -2.09. The lowest BCUT2D eigenvalue weighted by Crippen LogP contribution is -2.25. The van der Waals surface area contributed by atoms with Crippen molar-refractivity contribution in [3.63, 3.8) is 0 Å². The average molecular weight is 346 g/mol. The molecule has 0 unspecified atom stereocenters. The van der Waals surface area contributed by atoms with E-state index >= 15 is 0 Å². The Bertz CT molecular complexity index is 992. The monoisotopic (exact) mass is 346 g/mol. The maximum absolute atomic E-state index is 12.5. The fourth-order valence-corrected chi connectivity index (χ4v) is 2.81. The third kappa shape index (κ3) is 3.37. The van der Waals surface area contributed by atoms with Crippen LogP contribution in [-0.2, 0) is 0 Å². The minimum Gasteiger partial charge on any atom is -0.507 e. The first kappa shape index (κ1) is 16.1. The van der Waals surface area contributed by atoms with Gasteiger partial charge in [-0.1, -0.05) is 24.3 Å². The van der Waals surface area contributed by atoms with Crippen LogP contribution in [0, 0.1) is 0 Å². The number of hydrogen-bond acceptors (Lipinski definition) is 3. The van der Waals surface area contributed by atoms with Crippen molar-refractivity contribution < 1.29 is 14.7 Å². The lowest BCUT2D eigenvalue weighted by atomic mass is 10.1. The molecule has 0 bridgehead atoms. The van der Waals surface area contributed by atoms with Gasteiger partial charge >= 0.3 is 0 Å². The van der Waals surface area contributed by atoms with E-state index in [4.69, 9.17) is 0 Å². The smallest absolute Gasteiger partial charge is 0.259 e. The summed E-state index contributed by atoms with van der Waals surface area (Å²) in [5.74, 6) is -0.567. The molecule has 0 saturated heterocycles. The van der Waals surface area contributed by atoms with Crippen molar-refractivity contribution >= 4 is 28.3 Å². The van der Waals surface area contributed by atoms with E-state index in [-0.39, 0.29) is 17.2 Å². The zero-order valence-corrected chi connectivity index (χ0v) is 14.0. The minimum atomic E-state index is -0.400. The molecular weight excluding hydrogens is 328 g/mol. The molecule has 1 fully saturated rings. The minimum absolute atomic E-state index is 0.0679. The van der Waals surface area contributed by atoms with Crippen molar-refractivity contribution in [1.82, 2.24) is 5.32 Å². The number of anilines is 1. The summed E-state index contributed by atoms with van der Waals surface area (Å²) in [5.41, 5.74) is 1.33. The molecule has 0 radical (unpaired) electrons. The Morgan fingerprint density at radius 3 is 2.19 bits per heavy atom. The van der Waals surface area contributed by atoms with Gasteiger partial charge in [0.05, 0.1) is 5.56 Å². The molecule has 5 heteroatoms. The molecule has 1 aliphatic rings. The van der Waals surface area contributed by atoms with E-state index in [2.05, 4.69) is 10.6 Å². The summed E-state index contributed by atoms with van der Waals surface area (Å²) in [6.07, 6.45) is 2.07. The number of phenols is 1. The molecule has 4 rings (SSSR count). The highest BCUT2D eigenvalue weighted by molar-refractivity contribution is 6.08. The Balaban J connectivity index is 1.50. The summed E-state index contributed by atoms with van der Waals surface area (Å²) in [5, 5.41) is 17.6. The standard InChI is InChI=1S/C21H18N2O3/c24-19-12-15-4-2-1-3-14(15)11-18(19)21(26)23-16-7-5-13(6-8-16)20(25)22-17-9-10-17/h1-8,11-12,17,24H,9-10H2,(H,22,25)(H,23,26). The summed E-state index contributed by atoms with van der Waals surface area (Å²) in [6.45, 7) is 0. The number of carbonyl (C=O) groups excluding carboxylic acids is 2. The van der Waals surface area contributed by atoms with Crippen molar-refractivity contribution in [1.29, 1.82) is 0 Å². The second-order valence-electron chi connectivity index (χ2n) is 6.50. The largest absolute Gasteiger partial charge is 0.507 e. The van der Waals surface area contributed by atoms with E-state index in [0.717, 1.165) is 23.6 Å². The van der Waals surface area contributed by atoms with E-state index in [9.17, 15) is 14.7 Å². The van der Waals surface area contributed by atoms with Gasteiger partial charge in [-0.2, -0.15) is 0 Å².